The molecule has 0 aliphatic carbocycles. The molecule has 2 heterocycles. The molecule has 0 fully saturated rings. The molecule has 0 radical (unpaired) electrons. The minimum absolute atomic E-state index is 0.742. The van der Waals surface area contributed by atoms with Crippen molar-refractivity contribution < 1.29 is 0 Å². The maximum absolute atomic E-state index is 4.70. The Morgan fingerprint density at radius 1 is 0.833 bits per heavy atom. The molecule has 4 nitrogen and oxygen atoms in total. The highest BCUT2D eigenvalue weighted by atomic mass is 15.2. The molecule has 2 aromatic carbocycles. The first kappa shape index (κ1) is 14.5. The number of hydrogen-bond acceptors (Lipinski definition) is 3. The molecule has 0 aliphatic heterocycles. The second-order valence-corrected chi connectivity index (χ2v) is 5.83. The largest absolute Gasteiger partial charge is 0.355 e. The zero-order valence-electron chi connectivity index (χ0n) is 13.5. The van der Waals surface area contributed by atoms with E-state index in [1.807, 2.05) is 55.6 Å². The summed E-state index contributed by atoms with van der Waals surface area (Å²) in [5, 5.41) is 0. The normalized spacial score (nSPS) is 10.9. The van der Waals surface area contributed by atoms with Crippen LogP contribution in [-0.4, -0.2) is 22.0 Å². The van der Waals surface area contributed by atoms with Crippen molar-refractivity contribution in [2.45, 2.75) is 6.54 Å². The SMILES string of the molecule is CN(Cc1ccccc1)c1ccc2[nH]c(-c3ccccc3)nc2n1. The van der Waals surface area contributed by atoms with Gasteiger partial charge in [-0.15, -0.1) is 0 Å². The number of benzene rings is 2. The molecule has 0 saturated carbocycles. The number of nitrogens with one attached hydrogen (secondary N) is 1. The van der Waals surface area contributed by atoms with Gasteiger partial charge in [-0.3, -0.25) is 0 Å². The molecule has 4 rings (SSSR count). The van der Waals surface area contributed by atoms with E-state index in [0.29, 0.717) is 0 Å². The van der Waals surface area contributed by atoms with Crippen molar-refractivity contribution in [3.05, 3.63) is 78.4 Å². The second kappa shape index (κ2) is 6.16. The first-order valence-corrected chi connectivity index (χ1v) is 7.97. The molecule has 4 aromatic rings. The molecule has 0 unspecified atom stereocenters. The van der Waals surface area contributed by atoms with Crippen LogP contribution in [0.2, 0.25) is 0 Å². The third kappa shape index (κ3) is 2.86. The molecular formula is C20H18N4. The molecule has 0 amide bonds. The van der Waals surface area contributed by atoms with E-state index in [-0.39, 0.29) is 0 Å². The van der Waals surface area contributed by atoms with Crippen LogP contribution in [0, 0.1) is 0 Å². The molecule has 1 N–H and O–H groups in total. The summed E-state index contributed by atoms with van der Waals surface area (Å²) in [4.78, 5) is 14.8. The van der Waals surface area contributed by atoms with Crippen LogP contribution in [0.1, 0.15) is 5.56 Å². The van der Waals surface area contributed by atoms with Crippen LogP contribution in [-0.2, 0) is 6.54 Å². The van der Waals surface area contributed by atoms with Gasteiger partial charge in [-0.2, -0.15) is 0 Å². The lowest BCUT2D eigenvalue weighted by Gasteiger charge is -2.17. The molecule has 0 bridgehead atoms. The molecule has 0 spiro atoms. The number of fused-ring (bicyclic) bond motifs is 1. The Morgan fingerprint density at radius 2 is 1.54 bits per heavy atom. The monoisotopic (exact) mass is 314 g/mol. The third-order valence-corrected chi connectivity index (χ3v) is 4.03. The number of imidazole rings is 1. The van der Waals surface area contributed by atoms with Crippen LogP contribution >= 0.6 is 0 Å². The van der Waals surface area contributed by atoms with E-state index >= 15 is 0 Å². The Hall–Kier alpha value is -3.14. The van der Waals surface area contributed by atoms with Gasteiger partial charge in [0.05, 0.1) is 5.52 Å². The Bertz CT molecular complexity index is 945. The lowest BCUT2D eigenvalue weighted by molar-refractivity contribution is 0.901. The van der Waals surface area contributed by atoms with E-state index in [4.69, 9.17) is 4.98 Å². The zero-order chi connectivity index (χ0) is 16.4. The average Bonchev–Trinajstić information content (AvgIpc) is 3.06. The lowest BCUT2D eigenvalue weighted by atomic mass is 10.2. The van der Waals surface area contributed by atoms with Crippen LogP contribution in [0.5, 0.6) is 0 Å². The van der Waals surface area contributed by atoms with Gasteiger partial charge < -0.3 is 9.88 Å². The van der Waals surface area contributed by atoms with Crippen LogP contribution in [0.4, 0.5) is 5.82 Å². The summed E-state index contributed by atoms with van der Waals surface area (Å²) in [7, 11) is 2.05. The van der Waals surface area contributed by atoms with Gasteiger partial charge in [-0.1, -0.05) is 60.7 Å². The molecule has 0 atom stereocenters. The fourth-order valence-corrected chi connectivity index (χ4v) is 2.77. The molecule has 2 aromatic heterocycles. The maximum Gasteiger partial charge on any atom is 0.180 e. The minimum atomic E-state index is 0.742. The number of aromatic nitrogens is 3. The molecule has 0 aliphatic rings. The van der Waals surface area contributed by atoms with Gasteiger partial charge in [-0.05, 0) is 17.7 Å². The summed E-state index contributed by atoms with van der Waals surface area (Å²) in [6, 6.07) is 24.6. The summed E-state index contributed by atoms with van der Waals surface area (Å²) < 4.78 is 0. The quantitative estimate of drug-likeness (QED) is 0.612. The Balaban J connectivity index is 1.63. The molecule has 4 heteroatoms. The number of rotatable bonds is 4. The highest BCUT2D eigenvalue weighted by molar-refractivity contribution is 5.77. The van der Waals surface area contributed by atoms with Gasteiger partial charge in [-0.25, -0.2) is 9.97 Å². The van der Waals surface area contributed by atoms with Crippen LogP contribution < -0.4 is 4.90 Å². The van der Waals surface area contributed by atoms with Gasteiger partial charge >= 0.3 is 0 Å². The Morgan fingerprint density at radius 3 is 2.29 bits per heavy atom. The van der Waals surface area contributed by atoms with Gasteiger partial charge in [0.25, 0.3) is 0 Å². The van der Waals surface area contributed by atoms with E-state index in [1.54, 1.807) is 0 Å². The summed E-state index contributed by atoms with van der Waals surface area (Å²) in [5.41, 5.74) is 4.01. The molecule has 0 saturated heterocycles. The van der Waals surface area contributed by atoms with E-state index in [0.717, 1.165) is 34.9 Å². The Kier molecular flexibility index (Phi) is 3.71. The van der Waals surface area contributed by atoms with Crippen molar-refractivity contribution in [3.63, 3.8) is 0 Å². The number of H-pyrrole nitrogens is 1. The third-order valence-electron chi connectivity index (χ3n) is 4.03. The number of pyridine rings is 1. The topological polar surface area (TPSA) is 44.8 Å². The standard InChI is InChI=1S/C20H18N4/c1-24(14-15-8-4-2-5-9-15)18-13-12-17-20(22-18)23-19(21-17)16-10-6-3-7-11-16/h2-13H,14H2,1H3,(H,21,22,23). The zero-order valence-corrected chi connectivity index (χ0v) is 13.5. The van der Waals surface area contributed by atoms with Crippen molar-refractivity contribution >= 4 is 17.0 Å². The summed E-state index contributed by atoms with van der Waals surface area (Å²) >= 11 is 0. The van der Waals surface area contributed by atoms with E-state index in [9.17, 15) is 0 Å². The van der Waals surface area contributed by atoms with Crippen LogP contribution in [0.25, 0.3) is 22.6 Å². The molecular weight excluding hydrogens is 296 g/mol. The highest BCUT2D eigenvalue weighted by Crippen LogP contribution is 2.22. The van der Waals surface area contributed by atoms with Crippen molar-refractivity contribution in [3.8, 4) is 11.4 Å². The van der Waals surface area contributed by atoms with Crippen molar-refractivity contribution in [1.82, 2.24) is 15.0 Å². The summed E-state index contributed by atoms with van der Waals surface area (Å²) in [6.07, 6.45) is 0. The molecule has 118 valence electrons. The van der Waals surface area contributed by atoms with Gasteiger partial charge in [0.1, 0.15) is 11.6 Å². The smallest absolute Gasteiger partial charge is 0.180 e. The highest BCUT2D eigenvalue weighted by Gasteiger charge is 2.09. The fourth-order valence-electron chi connectivity index (χ4n) is 2.77. The number of anilines is 1. The number of nitrogens with zero attached hydrogens (tertiary/aromatic N) is 3. The van der Waals surface area contributed by atoms with Crippen molar-refractivity contribution in [2.75, 3.05) is 11.9 Å². The van der Waals surface area contributed by atoms with E-state index in [1.165, 1.54) is 5.56 Å². The predicted octanol–water partition coefficient (Wildman–Crippen LogP) is 4.26. The minimum Gasteiger partial charge on any atom is -0.355 e. The maximum atomic E-state index is 4.70. The fraction of sp³-hybridized carbons (Fsp3) is 0.100. The first-order chi connectivity index (χ1) is 11.8. The Labute approximate surface area is 140 Å². The lowest BCUT2D eigenvalue weighted by Crippen LogP contribution is -2.17. The van der Waals surface area contributed by atoms with Crippen molar-refractivity contribution in [2.24, 2.45) is 0 Å². The van der Waals surface area contributed by atoms with Gasteiger partial charge in [0.2, 0.25) is 0 Å². The summed E-state index contributed by atoms with van der Waals surface area (Å²) in [5.74, 6) is 1.76. The van der Waals surface area contributed by atoms with Crippen LogP contribution in [0.15, 0.2) is 72.8 Å². The predicted molar refractivity (Wildman–Crippen MR) is 97.9 cm³/mol. The molecule has 24 heavy (non-hydrogen) atoms. The van der Waals surface area contributed by atoms with E-state index < -0.39 is 0 Å². The van der Waals surface area contributed by atoms with Gasteiger partial charge in [0.15, 0.2) is 5.65 Å². The number of hydrogen-bond donors (Lipinski definition) is 1. The van der Waals surface area contributed by atoms with Crippen molar-refractivity contribution in [1.29, 1.82) is 0 Å². The average molecular weight is 314 g/mol. The summed E-state index contributed by atoms with van der Waals surface area (Å²) in [6.45, 7) is 0.815. The van der Waals surface area contributed by atoms with E-state index in [2.05, 4.69) is 39.1 Å². The van der Waals surface area contributed by atoms with Gasteiger partial charge in [0, 0.05) is 19.2 Å². The van der Waals surface area contributed by atoms with Crippen LogP contribution in [0.3, 0.4) is 0 Å². The first-order valence-electron chi connectivity index (χ1n) is 7.97. The number of aromatic amines is 1. The second-order valence-electron chi connectivity index (χ2n) is 5.83.